The van der Waals surface area contributed by atoms with E-state index in [9.17, 15) is 14.4 Å². The number of carbonyl (C=O) groups is 1. The van der Waals surface area contributed by atoms with Gasteiger partial charge in [0.05, 0.1) is 6.61 Å². The van der Waals surface area contributed by atoms with Crippen molar-refractivity contribution in [3.8, 4) is 0 Å². The Kier molecular flexibility index (Phi) is 5.51. The van der Waals surface area contributed by atoms with Crippen molar-refractivity contribution in [2.45, 2.75) is 45.6 Å². The van der Waals surface area contributed by atoms with Crippen LogP contribution in [0.2, 0.25) is 0 Å². The molecule has 0 aromatic carbocycles. The quantitative estimate of drug-likeness (QED) is 0.766. The van der Waals surface area contributed by atoms with Crippen molar-refractivity contribution in [3.05, 3.63) is 32.6 Å². The van der Waals surface area contributed by atoms with Crippen LogP contribution < -0.4 is 11.2 Å². The first-order chi connectivity index (χ1) is 10.5. The van der Waals surface area contributed by atoms with E-state index in [1.54, 1.807) is 6.92 Å². The third-order valence-corrected chi connectivity index (χ3v) is 3.30. The maximum atomic E-state index is 11.8. The Balaban J connectivity index is 1.90. The lowest BCUT2D eigenvalue weighted by Crippen LogP contribution is -2.34. The van der Waals surface area contributed by atoms with Crippen molar-refractivity contribution in [2.75, 3.05) is 13.2 Å². The standard InChI is InChI=1S/C14H20N2O6/c1-3-4-5-11(17)20-8-12-21-7-10(22-12)16-6-9(2)13(18)15-14(16)19/h6,10,12H,3-5,7-8H2,1-2H3,(H,15,18,19)/t10-,12-/m1/s1. The monoisotopic (exact) mass is 312 g/mol. The van der Waals surface area contributed by atoms with Crippen molar-refractivity contribution in [1.82, 2.24) is 9.55 Å². The van der Waals surface area contributed by atoms with E-state index in [0.29, 0.717) is 12.0 Å². The average molecular weight is 312 g/mol. The highest BCUT2D eigenvalue weighted by Gasteiger charge is 2.29. The number of carbonyl (C=O) groups excluding carboxylic acids is 1. The van der Waals surface area contributed by atoms with Crippen LogP contribution >= 0.6 is 0 Å². The second-order valence-electron chi connectivity index (χ2n) is 5.12. The molecular formula is C14H20N2O6. The molecule has 2 atom stereocenters. The zero-order valence-corrected chi connectivity index (χ0v) is 12.7. The Morgan fingerprint density at radius 2 is 2.27 bits per heavy atom. The second-order valence-corrected chi connectivity index (χ2v) is 5.12. The lowest BCUT2D eigenvalue weighted by Gasteiger charge is -2.14. The van der Waals surface area contributed by atoms with Crippen LogP contribution in [0.4, 0.5) is 0 Å². The lowest BCUT2D eigenvalue weighted by atomic mass is 10.2. The van der Waals surface area contributed by atoms with Gasteiger partial charge in [0, 0.05) is 18.2 Å². The predicted octanol–water partition coefficient (Wildman–Crippen LogP) is 0.450. The van der Waals surface area contributed by atoms with Crippen LogP contribution in [0.15, 0.2) is 15.8 Å². The fraction of sp³-hybridized carbons (Fsp3) is 0.643. The highest BCUT2D eigenvalue weighted by Crippen LogP contribution is 2.19. The van der Waals surface area contributed by atoms with E-state index >= 15 is 0 Å². The van der Waals surface area contributed by atoms with Gasteiger partial charge in [-0.05, 0) is 13.3 Å². The van der Waals surface area contributed by atoms with Gasteiger partial charge >= 0.3 is 11.7 Å². The van der Waals surface area contributed by atoms with E-state index in [1.165, 1.54) is 10.8 Å². The SMILES string of the molecule is CCCCC(=O)OC[C@@H]1OC[C@H](n2cc(C)c(=O)[nH]c2=O)O1. The zero-order chi connectivity index (χ0) is 16.1. The zero-order valence-electron chi connectivity index (χ0n) is 12.7. The van der Waals surface area contributed by atoms with Crippen LogP contribution in [0.5, 0.6) is 0 Å². The molecule has 122 valence electrons. The van der Waals surface area contributed by atoms with Gasteiger partial charge in [0.2, 0.25) is 0 Å². The van der Waals surface area contributed by atoms with Crippen LogP contribution in [0.1, 0.15) is 38.0 Å². The summed E-state index contributed by atoms with van der Waals surface area (Å²) in [7, 11) is 0. The molecular weight excluding hydrogens is 292 g/mol. The molecule has 1 N–H and O–H groups in total. The number of rotatable bonds is 6. The molecule has 0 bridgehead atoms. The van der Waals surface area contributed by atoms with Crippen LogP contribution in [-0.4, -0.2) is 35.0 Å². The fourth-order valence-electron chi connectivity index (χ4n) is 2.03. The lowest BCUT2D eigenvalue weighted by molar-refractivity contribution is -0.159. The molecule has 0 saturated carbocycles. The molecule has 0 radical (unpaired) electrons. The highest BCUT2D eigenvalue weighted by molar-refractivity contribution is 5.69. The summed E-state index contributed by atoms with van der Waals surface area (Å²) in [5.41, 5.74) is -0.594. The Labute approximate surface area is 127 Å². The third kappa shape index (κ3) is 4.05. The number of nitrogens with one attached hydrogen (secondary N) is 1. The van der Waals surface area contributed by atoms with Gasteiger partial charge in [-0.15, -0.1) is 0 Å². The molecule has 1 aliphatic rings. The minimum Gasteiger partial charge on any atom is -0.460 e. The van der Waals surface area contributed by atoms with E-state index in [1.807, 2.05) is 6.92 Å². The summed E-state index contributed by atoms with van der Waals surface area (Å²) in [5, 5.41) is 0. The van der Waals surface area contributed by atoms with Crippen molar-refractivity contribution >= 4 is 5.97 Å². The summed E-state index contributed by atoms with van der Waals surface area (Å²) in [4.78, 5) is 36.7. The summed E-state index contributed by atoms with van der Waals surface area (Å²) in [6, 6.07) is 0. The smallest absolute Gasteiger partial charge is 0.330 e. The van der Waals surface area contributed by atoms with Crippen LogP contribution in [-0.2, 0) is 19.0 Å². The van der Waals surface area contributed by atoms with Gasteiger partial charge in [0.15, 0.2) is 12.5 Å². The summed E-state index contributed by atoms with van der Waals surface area (Å²) in [6.45, 7) is 3.71. The molecule has 2 rings (SSSR count). The van der Waals surface area contributed by atoms with E-state index in [4.69, 9.17) is 14.2 Å². The first-order valence-corrected chi connectivity index (χ1v) is 7.26. The van der Waals surface area contributed by atoms with Gasteiger partial charge < -0.3 is 14.2 Å². The number of unbranched alkanes of at least 4 members (excludes halogenated alkanes) is 1. The molecule has 1 aliphatic heterocycles. The molecule has 0 spiro atoms. The fourth-order valence-corrected chi connectivity index (χ4v) is 2.03. The van der Waals surface area contributed by atoms with Crippen molar-refractivity contribution in [1.29, 1.82) is 0 Å². The van der Waals surface area contributed by atoms with E-state index in [0.717, 1.165) is 12.8 Å². The average Bonchev–Trinajstić information content (AvgIpc) is 2.95. The van der Waals surface area contributed by atoms with E-state index in [-0.39, 0.29) is 19.2 Å². The molecule has 0 amide bonds. The Hall–Kier alpha value is -1.93. The Morgan fingerprint density at radius 1 is 1.50 bits per heavy atom. The molecule has 8 heteroatoms. The number of hydrogen-bond donors (Lipinski definition) is 1. The van der Waals surface area contributed by atoms with E-state index in [2.05, 4.69) is 4.98 Å². The largest absolute Gasteiger partial charge is 0.460 e. The number of H-pyrrole nitrogens is 1. The van der Waals surface area contributed by atoms with Gasteiger partial charge in [-0.1, -0.05) is 13.3 Å². The Bertz CT molecular complexity index is 635. The minimum atomic E-state index is -0.713. The van der Waals surface area contributed by atoms with Crippen LogP contribution in [0, 0.1) is 6.92 Å². The van der Waals surface area contributed by atoms with Gasteiger partial charge in [-0.2, -0.15) is 0 Å². The first kappa shape index (κ1) is 16.4. The minimum absolute atomic E-state index is 0.0177. The molecule has 1 aromatic heterocycles. The highest BCUT2D eigenvalue weighted by atomic mass is 16.7. The summed E-state index contributed by atoms with van der Waals surface area (Å²) in [6.07, 6.45) is 2.12. The topological polar surface area (TPSA) is 99.6 Å². The normalized spacial score (nSPS) is 21.0. The number of nitrogens with zero attached hydrogens (tertiary/aromatic N) is 1. The summed E-state index contributed by atoms with van der Waals surface area (Å²) in [5.74, 6) is -0.297. The predicted molar refractivity (Wildman–Crippen MR) is 76.4 cm³/mol. The van der Waals surface area contributed by atoms with Crippen molar-refractivity contribution in [2.24, 2.45) is 0 Å². The van der Waals surface area contributed by atoms with Gasteiger partial charge in [0.25, 0.3) is 5.56 Å². The number of aromatic nitrogens is 2. The van der Waals surface area contributed by atoms with Crippen molar-refractivity contribution in [3.63, 3.8) is 0 Å². The molecule has 1 aromatic rings. The summed E-state index contributed by atoms with van der Waals surface area (Å²) < 4.78 is 17.2. The number of aromatic amines is 1. The molecule has 22 heavy (non-hydrogen) atoms. The molecule has 8 nitrogen and oxygen atoms in total. The van der Waals surface area contributed by atoms with Gasteiger partial charge in [0.1, 0.15) is 6.61 Å². The van der Waals surface area contributed by atoms with Crippen LogP contribution in [0.25, 0.3) is 0 Å². The second kappa shape index (κ2) is 7.37. The van der Waals surface area contributed by atoms with Gasteiger partial charge in [-0.25, -0.2) is 4.79 Å². The number of ether oxygens (including phenoxy) is 3. The van der Waals surface area contributed by atoms with E-state index < -0.39 is 23.8 Å². The number of aryl methyl sites for hydroxylation is 1. The molecule has 2 heterocycles. The molecule has 0 aliphatic carbocycles. The maximum Gasteiger partial charge on any atom is 0.330 e. The molecule has 1 saturated heterocycles. The van der Waals surface area contributed by atoms with Crippen LogP contribution in [0.3, 0.4) is 0 Å². The number of esters is 1. The Morgan fingerprint density at radius 3 is 3.00 bits per heavy atom. The number of hydrogen-bond acceptors (Lipinski definition) is 6. The summed E-state index contributed by atoms with van der Waals surface area (Å²) >= 11 is 0. The third-order valence-electron chi connectivity index (χ3n) is 3.30. The molecule has 1 fully saturated rings. The first-order valence-electron chi connectivity index (χ1n) is 7.26. The molecule has 0 unspecified atom stereocenters. The van der Waals surface area contributed by atoms with Crippen molar-refractivity contribution < 1.29 is 19.0 Å². The van der Waals surface area contributed by atoms with Gasteiger partial charge in [-0.3, -0.25) is 19.1 Å². The maximum absolute atomic E-state index is 11.8.